The maximum Gasteiger partial charge on any atom is 0.329 e. The summed E-state index contributed by atoms with van der Waals surface area (Å²) in [5.41, 5.74) is 4.47. The first-order valence-corrected chi connectivity index (χ1v) is 11.0. The molecule has 0 aliphatic heterocycles. The van der Waals surface area contributed by atoms with Crippen molar-refractivity contribution in [2.24, 2.45) is 0 Å². The number of nitrogens with zero attached hydrogens (tertiary/aromatic N) is 6. The van der Waals surface area contributed by atoms with Gasteiger partial charge >= 0.3 is 5.69 Å². The molecule has 0 atom stereocenters. The molecule has 0 unspecified atom stereocenters. The summed E-state index contributed by atoms with van der Waals surface area (Å²) in [4.78, 5) is 17.8. The zero-order valence-electron chi connectivity index (χ0n) is 19.0. The van der Waals surface area contributed by atoms with Crippen molar-refractivity contribution in [2.75, 3.05) is 0 Å². The molecular weight excluding hydrogens is 402 g/mol. The number of unbranched alkanes of at least 4 members (excludes halogenated alkanes) is 1. The minimum Gasteiger partial charge on any atom is -0.294 e. The molecule has 166 valence electrons. The Hall–Kier alpha value is -3.55. The van der Waals surface area contributed by atoms with Gasteiger partial charge in [0, 0.05) is 34.8 Å². The highest BCUT2D eigenvalue weighted by atomic mass is 16.1. The van der Waals surface area contributed by atoms with Crippen molar-refractivity contribution in [2.45, 2.75) is 59.0 Å². The van der Waals surface area contributed by atoms with E-state index in [1.807, 2.05) is 57.9 Å². The molecule has 0 radical (unpaired) electrons. The fourth-order valence-electron chi connectivity index (χ4n) is 3.78. The van der Waals surface area contributed by atoms with Gasteiger partial charge in [-0.05, 0) is 50.5 Å². The molecule has 4 rings (SSSR count). The number of H-pyrrole nitrogens is 1. The molecular formula is C24H29N7O. The molecule has 3 heterocycles. The first-order chi connectivity index (χ1) is 15.4. The van der Waals surface area contributed by atoms with E-state index in [1.54, 1.807) is 0 Å². The van der Waals surface area contributed by atoms with Crippen LogP contribution in [0, 0.1) is 0 Å². The number of hydrogen-bond donors (Lipinski definition) is 1. The van der Waals surface area contributed by atoms with Crippen molar-refractivity contribution in [1.29, 1.82) is 0 Å². The van der Waals surface area contributed by atoms with Crippen LogP contribution in [0.4, 0.5) is 0 Å². The summed E-state index contributed by atoms with van der Waals surface area (Å²) >= 11 is 0. The van der Waals surface area contributed by atoms with Crippen molar-refractivity contribution in [3.63, 3.8) is 0 Å². The Balaban J connectivity index is 1.65. The summed E-state index contributed by atoms with van der Waals surface area (Å²) in [6.07, 6.45) is 6.86. The largest absolute Gasteiger partial charge is 0.329 e. The predicted octanol–water partition coefficient (Wildman–Crippen LogP) is 4.04. The lowest BCUT2D eigenvalue weighted by atomic mass is 10.0. The smallest absolute Gasteiger partial charge is 0.294 e. The van der Waals surface area contributed by atoms with Crippen LogP contribution in [0.3, 0.4) is 0 Å². The second-order valence-electron chi connectivity index (χ2n) is 8.95. The molecule has 0 fully saturated rings. The number of tetrazole rings is 1. The van der Waals surface area contributed by atoms with Gasteiger partial charge in [-0.3, -0.25) is 14.1 Å². The number of pyridine rings is 1. The third-order valence-electron chi connectivity index (χ3n) is 5.54. The standard InChI is InChI=1S/C24H29N7O/c1-5-6-9-19-16-31(24(2,3)4)23(32)30(19)15-18-13-12-17(14-25-18)20-10-7-8-11-21(20)22-26-28-29-27-22/h7-8,10-14,16H,5-6,9,15H2,1-4H3,(H,26,27,28,29). The fraction of sp³-hybridized carbons (Fsp3) is 0.375. The Morgan fingerprint density at radius 3 is 2.47 bits per heavy atom. The Morgan fingerprint density at radius 2 is 1.84 bits per heavy atom. The van der Waals surface area contributed by atoms with Crippen LogP contribution in [-0.4, -0.2) is 34.7 Å². The first-order valence-electron chi connectivity index (χ1n) is 11.0. The van der Waals surface area contributed by atoms with E-state index in [9.17, 15) is 4.79 Å². The van der Waals surface area contributed by atoms with E-state index in [1.165, 1.54) is 0 Å². The Labute approximate surface area is 187 Å². The number of rotatable bonds is 7. The number of aryl methyl sites for hydroxylation is 1. The topological polar surface area (TPSA) is 94.3 Å². The summed E-state index contributed by atoms with van der Waals surface area (Å²) in [5, 5.41) is 14.4. The Bertz CT molecular complexity index is 1230. The summed E-state index contributed by atoms with van der Waals surface area (Å²) in [7, 11) is 0. The monoisotopic (exact) mass is 431 g/mol. The van der Waals surface area contributed by atoms with Crippen molar-refractivity contribution >= 4 is 0 Å². The molecule has 1 N–H and O–H groups in total. The van der Waals surface area contributed by atoms with E-state index in [0.29, 0.717) is 12.4 Å². The average Bonchev–Trinajstić information content (AvgIpc) is 3.42. The lowest BCUT2D eigenvalue weighted by Crippen LogP contribution is -2.34. The SMILES string of the molecule is CCCCc1cn(C(C)(C)C)c(=O)n1Cc1ccc(-c2ccccc2-c2nn[nH]n2)cn1. The van der Waals surface area contributed by atoms with Crippen molar-refractivity contribution < 1.29 is 0 Å². The molecule has 0 aliphatic rings. The molecule has 0 bridgehead atoms. The van der Waals surface area contributed by atoms with E-state index in [-0.39, 0.29) is 11.2 Å². The van der Waals surface area contributed by atoms with Gasteiger partial charge in [-0.25, -0.2) is 4.79 Å². The van der Waals surface area contributed by atoms with Crippen LogP contribution in [0.5, 0.6) is 0 Å². The molecule has 8 heteroatoms. The van der Waals surface area contributed by atoms with Crippen LogP contribution >= 0.6 is 0 Å². The highest BCUT2D eigenvalue weighted by Gasteiger charge is 2.20. The number of benzene rings is 1. The van der Waals surface area contributed by atoms with E-state index < -0.39 is 0 Å². The third-order valence-corrected chi connectivity index (χ3v) is 5.54. The summed E-state index contributed by atoms with van der Waals surface area (Å²) in [6.45, 7) is 8.77. The zero-order valence-corrected chi connectivity index (χ0v) is 19.0. The lowest BCUT2D eigenvalue weighted by molar-refractivity contribution is 0.380. The molecule has 0 saturated heterocycles. The molecule has 32 heavy (non-hydrogen) atoms. The Morgan fingerprint density at radius 1 is 1.06 bits per heavy atom. The summed E-state index contributed by atoms with van der Waals surface area (Å²) in [5.74, 6) is 0.542. The summed E-state index contributed by atoms with van der Waals surface area (Å²) < 4.78 is 3.68. The van der Waals surface area contributed by atoms with E-state index in [2.05, 4.69) is 53.3 Å². The quantitative estimate of drug-likeness (QED) is 0.477. The van der Waals surface area contributed by atoms with Gasteiger partial charge in [0.2, 0.25) is 5.82 Å². The number of imidazole rings is 1. The van der Waals surface area contributed by atoms with Crippen LogP contribution < -0.4 is 5.69 Å². The highest BCUT2D eigenvalue weighted by Crippen LogP contribution is 2.29. The highest BCUT2D eigenvalue weighted by molar-refractivity contribution is 5.79. The first kappa shape index (κ1) is 21.7. The minimum absolute atomic E-state index is 0.0110. The number of hydrogen-bond acceptors (Lipinski definition) is 5. The van der Waals surface area contributed by atoms with Crippen LogP contribution in [0.15, 0.2) is 53.6 Å². The molecule has 0 spiro atoms. The second-order valence-corrected chi connectivity index (χ2v) is 8.95. The van der Waals surface area contributed by atoms with Gasteiger partial charge in [-0.1, -0.05) is 43.7 Å². The van der Waals surface area contributed by atoms with Crippen molar-refractivity contribution in [1.82, 2.24) is 34.7 Å². The van der Waals surface area contributed by atoms with E-state index in [0.717, 1.165) is 47.3 Å². The molecule has 0 amide bonds. The normalized spacial score (nSPS) is 11.8. The van der Waals surface area contributed by atoms with Crippen LogP contribution in [0.2, 0.25) is 0 Å². The molecule has 0 aliphatic carbocycles. The van der Waals surface area contributed by atoms with Gasteiger partial charge in [0.05, 0.1) is 12.2 Å². The number of aromatic amines is 1. The van der Waals surface area contributed by atoms with E-state index >= 15 is 0 Å². The second kappa shape index (κ2) is 8.90. The zero-order chi connectivity index (χ0) is 22.7. The van der Waals surface area contributed by atoms with Crippen LogP contribution in [-0.2, 0) is 18.5 Å². The lowest BCUT2D eigenvalue weighted by Gasteiger charge is -2.19. The van der Waals surface area contributed by atoms with E-state index in [4.69, 9.17) is 0 Å². The predicted molar refractivity (Wildman–Crippen MR) is 124 cm³/mol. The molecule has 0 saturated carbocycles. The van der Waals surface area contributed by atoms with Crippen LogP contribution in [0.25, 0.3) is 22.5 Å². The fourth-order valence-corrected chi connectivity index (χ4v) is 3.78. The number of aromatic nitrogens is 7. The van der Waals surface area contributed by atoms with Crippen molar-refractivity contribution in [3.05, 3.63) is 70.7 Å². The van der Waals surface area contributed by atoms with Gasteiger partial charge < -0.3 is 0 Å². The third kappa shape index (κ3) is 4.39. The van der Waals surface area contributed by atoms with Crippen molar-refractivity contribution in [3.8, 4) is 22.5 Å². The molecule has 3 aromatic heterocycles. The average molecular weight is 432 g/mol. The Kier molecular flexibility index (Phi) is 6.03. The van der Waals surface area contributed by atoms with Gasteiger partial charge in [0.25, 0.3) is 0 Å². The maximum atomic E-state index is 13.1. The van der Waals surface area contributed by atoms with Crippen LogP contribution in [0.1, 0.15) is 51.9 Å². The van der Waals surface area contributed by atoms with Gasteiger partial charge in [0.15, 0.2) is 0 Å². The van der Waals surface area contributed by atoms with Gasteiger partial charge in [-0.2, -0.15) is 5.21 Å². The minimum atomic E-state index is -0.264. The molecule has 1 aromatic carbocycles. The van der Waals surface area contributed by atoms with Gasteiger partial charge in [-0.15, -0.1) is 10.2 Å². The van der Waals surface area contributed by atoms with Gasteiger partial charge in [0.1, 0.15) is 0 Å². The number of nitrogens with one attached hydrogen (secondary N) is 1. The molecule has 8 nitrogen and oxygen atoms in total. The maximum absolute atomic E-state index is 13.1. The molecule has 4 aromatic rings. The summed E-state index contributed by atoms with van der Waals surface area (Å²) in [6, 6.07) is 11.9.